The molecule has 0 heterocycles. The van der Waals surface area contributed by atoms with Gasteiger partial charge in [0, 0.05) is 11.0 Å². The summed E-state index contributed by atoms with van der Waals surface area (Å²) in [7, 11) is -3.80. The molecule has 1 aromatic rings. The molecule has 5 nitrogen and oxygen atoms in total. The van der Waals surface area contributed by atoms with Gasteiger partial charge in [0.15, 0.2) is 0 Å². The van der Waals surface area contributed by atoms with Crippen molar-refractivity contribution in [1.29, 1.82) is 0 Å². The number of benzene rings is 1. The molecule has 2 atom stereocenters. The maximum absolute atomic E-state index is 12.0. The fourth-order valence-electron chi connectivity index (χ4n) is 1.86. The standard InChI is InChI=1S/C12H15BrN2O3S/c1-7-4-8(7)6-15-12(16)10-5-9(19(14,17)18)2-3-11(10)13/h2-3,5,7-8H,4,6H2,1H3,(H,15,16)(H2,14,17,18)/t7-,8-/m0/s1. The van der Waals surface area contributed by atoms with Gasteiger partial charge in [-0.15, -0.1) is 0 Å². The molecule has 1 aliphatic rings. The van der Waals surface area contributed by atoms with E-state index < -0.39 is 10.0 Å². The van der Waals surface area contributed by atoms with Crippen molar-refractivity contribution in [3.63, 3.8) is 0 Å². The van der Waals surface area contributed by atoms with Crippen LogP contribution in [0.5, 0.6) is 0 Å². The molecule has 1 amide bonds. The van der Waals surface area contributed by atoms with Crippen LogP contribution in [0.2, 0.25) is 0 Å². The Hall–Kier alpha value is -0.920. The normalized spacial score (nSPS) is 22.1. The first-order chi connectivity index (χ1) is 8.79. The predicted molar refractivity (Wildman–Crippen MR) is 75.1 cm³/mol. The lowest BCUT2D eigenvalue weighted by Gasteiger charge is -2.08. The van der Waals surface area contributed by atoms with Crippen LogP contribution in [0.4, 0.5) is 0 Å². The summed E-state index contributed by atoms with van der Waals surface area (Å²) in [6.07, 6.45) is 1.12. The topological polar surface area (TPSA) is 89.3 Å². The first-order valence-electron chi connectivity index (χ1n) is 5.89. The Balaban J connectivity index is 2.16. The van der Waals surface area contributed by atoms with Crippen LogP contribution >= 0.6 is 15.9 Å². The monoisotopic (exact) mass is 346 g/mol. The smallest absolute Gasteiger partial charge is 0.252 e. The van der Waals surface area contributed by atoms with Gasteiger partial charge in [0.05, 0.1) is 10.5 Å². The third-order valence-corrected chi connectivity index (χ3v) is 4.91. The highest BCUT2D eigenvalue weighted by molar-refractivity contribution is 9.10. The van der Waals surface area contributed by atoms with Crippen molar-refractivity contribution in [2.75, 3.05) is 6.54 Å². The maximum Gasteiger partial charge on any atom is 0.252 e. The Labute approximate surface area is 120 Å². The van der Waals surface area contributed by atoms with Crippen molar-refractivity contribution < 1.29 is 13.2 Å². The second kappa shape index (κ2) is 5.22. The number of primary sulfonamides is 1. The zero-order valence-corrected chi connectivity index (χ0v) is 12.8. The zero-order chi connectivity index (χ0) is 14.2. The third kappa shape index (κ3) is 3.55. The minimum Gasteiger partial charge on any atom is -0.352 e. The molecule has 1 fully saturated rings. The molecule has 0 aliphatic heterocycles. The summed E-state index contributed by atoms with van der Waals surface area (Å²) in [5.41, 5.74) is 0.278. The Morgan fingerprint density at radius 1 is 1.53 bits per heavy atom. The zero-order valence-electron chi connectivity index (χ0n) is 10.4. The first-order valence-corrected chi connectivity index (χ1v) is 8.23. The van der Waals surface area contributed by atoms with Crippen LogP contribution in [-0.4, -0.2) is 20.9 Å². The molecule has 0 radical (unpaired) electrons. The summed E-state index contributed by atoms with van der Waals surface area (Å²) >= 11 is 3.24. The SMILES string of the molecule is C[C@H]1C[C@H]1CNC(=O)c1cc(S(N)(=O)=O)ccc1Br. The molecular formula is C12H15BrN2O3S. The number of hydrogen-bond donors (Lipinski definition) is 2. The second-order valence-electron chi connectivity index (χ2n) is 4.87. The molecule has 1 aliphatic carbocycles. The summed E-state index contributed by atoms with van der Waals surface area (Å²) in [4.78, 5) is 11.9. The molecule has 2 rings (SSSR count). The van der Waals surface area contributed by atoms with E-state index >= 15 is 0 Å². The van der Waals surface area contributed by atoms with E-state index in [2.05, 4.69) is 28.2 Å². The summed E-state index contributed by atoms with van der Waals surface area (Å²) in [5.74, 6) is 0.889. The van der Waals surface area contributed by atoms with Crippen LogP contribution in [-0.2, 0) is 10.0 Å². The lowest BCUT2D eigenvalue weighted by Crippen LogP contribution is -2.26. The van der Waals surface area contributed by atoms with E-state index in [0.717, 1.165) is 6.42 Å². The van der Waals surface area contributed by atoms with Crippen LogP contribution in [0, 0.1) is 11.8 Å². The van der Waals surface area contributed by atoms with E-state index in [1.807, 2.05) is 0 Å². The Morgan fingerprint density at radius 3 is 2.68 bits per heavy atom. The van der Waals surface area contributed by atoms with Crippen molar-refractivity contribution >= 4 is 31.9 Å². The Bertz CT molecular complexity index is 615. The van der Waals surface area contributed by atoms with E-state index in [-0.39, 0.29) is 16.4 Å². The molecule has 104 valence electrons. The van der Waals surface area contributed by atoms with Crippen LogP contribution < -0.4 is 10.5 Å². The van der Waals surface area contributed by atoms with Gasteiger partial charge in [-0.1, -0.05) is 6.92 Å². The molecule has 0 bridgehead atoms. The molecule has 7 heteroatoms. The molecule has 0 unspecified atom stereocenters. The van der Waals surface area contributed by atoms with Crippen LogP contribution in [0.1, 0.15) is 23.7 Å². The van der Waals surface area contributed by atoms with Gasteiger partial charge in [-0.3, -0.25) is 4.79 Å². The highest BCUT2D eigenvalue weighted by atomic mass is 79.9. The van der Waals surface area contributed by atoms with Crippen molar-refractivity contribution in [3.8, 4) is 0 Å². The maximum atomic E-state index is 12.0. The summed E-state index contributed by atoms with van der Waals surface area (Å²) in [5, 5.41) is 7.86. The average Bonchev–Trinajstić information content (AvgIpc) is 3.01. The average molecular weight is 347 g/mol. The van der Waals surface area contributed by atoms with Crippen molar-refractivity contribution in [1.82, 2.24) is 5.32 Å². The van der Waals surface area contributed by atoms with Crippen molar-refractivity contribution in [2.45, 2.75) is 18.2 Å². The Morgan fingerprint density at radius 2 is 2.16 bits per heavy atom. The fraction of sp³-hybridized carbons (Fsp3) is 0.417. The number of amides is 1. The van der Waals surface area contributed by atoms with Gasteiger partial charge >= 0.3 is 0 Å². The van der Waals surface area contributed by atoms with Crippen molar-refractivity contribution in [3.05, 3.63) is 28.2 Å². The predicted octanol–water partition coefficient (Wildman–Crippen LogP) is 1.48. The molecular weight excluding hydrogens is 332 g/mol. The molecule has 0 aromatic heterocycles. The number of sulfonamides is 1. The largest absolute Gasteiger partial charge is 0.352 e. The summed E-state index contributed by atoms with van der Waals surface area (Å²) < 4.78 is 23.1. The van der Waals surface area contributed by atoms with E-state index in [1.165, 1.54) is 18.2 Å². The second-order valence-corrected chi connectivity index (χ2v) is 7.29. The quantitative estimate of drug-likeness (QED) is 0.865. The van der Waals surface area contributed by atoms with Crippen LogP contribution in [0.15, 0.2) is 27.6 Å². The molecule has 19 heavy (non-hydrogen) atoms. The number of nitrogens with one attached hydrogen (secondary N) is 1. The summed E-state index contributed by atoms with van der Waals surface area (Å²) in [6.45, 7) is 2.75. The summed E-state index contributed by atoms with van der Waals surface area (Å²) in [6, 6.07) is 4.15. The van der Waals surface area contributed by atoms with Gasteiger partial charge in [-0.25, -0.2) is 13.6 Å². The van der Waals surface area contributed by atoms with Gasteiger partial charge < -0.3 is 5.32 Å². The minimum atomic E-state index is -3.80. The van der Waals surface area contributed by atoms with E-state index in [9.17, 15) is 13.2 Å². The minimum absolute atomic E-state index is 0.0689. The lowest BCUT2D eigenvalue weighted by atomic mass is 10.2. The number of nitrogens with two attached hydrogens (primary N) is 1. The Kier molecular flexibility index (Phi) is 3.98. The van der Waals surface area contributed by atoms with Crippen LogP contribution in [0.25, 0.3) is 0 Å². The number of hydrogen-bond acceptors (Lipinski definition) is 3. The molecule has 0 spiro atoms. The number of rotatable bonds is 4. The molecule has 1 aromatic carbocycles. The molecule has 0 saturated heterocycles. The van der Waals surface area contributed by atoms with E-state index in [4.69, 9.17) is 5.14 Å². The lowest BCUT2D eigenvalue weighted by molar-refractivity contribution is 0.0950. The fourth-order valence-corrected chi connectivity index (χ4v) is 2.82. The van der Waals surface area contributed by atoms with Gasteiger partial charge in [0.2, 0.25) is 10.0 Å². The highest BCUT2D eigenvalue weighted by Crippen LogP contribution is 2.36. The van der Waals surface area contributed by atoms with Crippen molar-refractivity contribution in [2.24, 2.45) is 17.0 Å². The number of halogens is 1. The molecule has 3 N–H and O–H groups in total. The van der Waals surface area contributed by atoms with Gasteiger partial charge in [-0.05, 0) is 52.4 Å². The van der Waals surface area contributed by atoms with Gasteiger partial charge in [0.1, 0.15) is 0 Å². The third-order valence-electron chi connectivity index (χ3n) is 3.31. The number of carbonyl (C=O) groups excluding carboxylic acids is 1. The first kappa shape index (κ1) is 14.5. The van der Waals surface area contributed by atoms with Gasteiger partial charge in [-0.2, -0.15) is 0 Å². The van der Waals surface area contributed by atoms with Gasteiger partial charge in [0.25, 0.3) is 5.91 Å². The van der Waals surface area contributed by atoms with Crippen LogP contribution in [0.3, 0.4) is 0 Å². The molecule has 1 saturated carbocycles. The van der Waals surface area contributed by atoms with E-state index in [0.29, 0.717) is 22.9 Å². The number of carbonyl (C=O) groups is 1. The van der Waals surface area contributed by atoms with E-state index in [1.54, 1.807) is 0 Å². The highest BCUT2D eigenvalue weighted by Gasteiger charge is 2.32.